The number of nitrogens with one attached hydrogen (secondary N) is 1. The Balaban J connectivity index is 0. The van der Waals surface area contributed by atoms with Crippen LogP contribution in [0.4, 0.5) is 0 Å². The van der Waals surface area contributed by atoms with Gasteiger partial charge in [-0.15, -0.1) is 12.4 Å². The number of rotatable bonds is 1. The molecule has 0 unspecified atom stereocenters. The third-order valence-electron chi connectivity index (χ3n) is 2.15. The topological polar surface area (TPSA) is 32.3 Å². The third kappa shape index (κ3) is 3.01. The summed E-state index contributed by atoms with van der Waals surface area (Å²) in [5.41, 5.74) is 0. The minimum atomic E-state index is -1.57. The highest BCUT2D eigenvalue weighted by molar-refractivity contribution is 6.77. The van der Waals surface area contributed by atoms with Crippen LogP contribution in [0.5, 0.6) is 0 Å². The molecule has 0 fully saturated rings. The Morgan fingerprint density at radius 2 is 1.50 bits per heavy atom. The van der Waals surface area contributed by atoms with E-state index >= 15 is 0 Å². The lowest BCUT2D eigenvalue weighted by Gasteiger charge is -2.34. The minimum absolute atomic E-state index is 0. The first-order chi connectivity index (χ1) is 3.81. The molecule has 0 aliphatic heterocycles. The molecule has 0 saturated heterocycles. The van der Waals surface area contributed by atoms with Crippen LogP contribution >= 0.6 is 12.4 Å². The van der Waals surface area contributed by atoms with E-state index in [1.54, 1.807) is 0 Å². The molecule has 64 valence electrons. The van der Waals surface area contributed by atoms with Crippen LogP contribution in [0.1, 0.15) is 20.8 Å². The molecule has 0 bridgehead atoms. The number of hydrogen-bond donors (Lipinski definition) is 2. The third-order valence-corrected chi connectivity index (χ3v) is 6.46. The molecule has 2 N–H and O–H groups in total. The Hall–Kier alpha value is 0.427. The van der Waals surface area contributed by atoms with Crippen molar-refractivity contribution in [1.29, 1.82) is 0 Å². The van der Waals surface area contributed by atoms with E-state index in [2.05, 4.69) is 39.0 Å². The maximum absolute atomic E-state index is 8.74. The summed E-state index contributed by atoms with van der Waals surface area (Å²) in [5, 5.41) is 11.4. The Morgan fingerprint density at radius 1 is 1.20 bits per heavy atom. The summed E-state index contributed by atoms with van der Waals surface area (Å²) in [7, 11) is -1.57. The summed E-state index contributed by atoms with van der Waals surface area (Å²) >= 11 is 0. The van der Waals surface area contributed by atoms with Gasteiger partial charge in [-0.3, -0.25) is 0 Å². The first-order valence-electron chi connectivity index (χ1n) is 3.22. The molecule has 0 atom stereocenters. The second-order valence-electron chi connectivity index (χ2n) is 3.99. The molecule has 0 saturated carbocycles. The smallest absolute Gasteiger partial charge is 0.155 e. The lowest BCUT2D eigenvalue weighted by Crippen LogP contribution is -2.50. The number of hydrogen-bond acceptors (Lipinski definition) is 2. The Labute approximate surface area is 70.5 Å². The molecule has 0 heterocycles. The van der Waals surface area contributed by atoms with Crippen molar-refractivity contribution in [3.05, 3.63) is 0 Å². The van der Waals surface area contributed by atoms with Gasteiger partial charge in [0.1, 0.15) is 0 Å². The molecule has 0 spiro atoms. The zero-order valence-corrected chi connectivity index (χ0v) is 9.17. The molecule has 0 aromatic rings. The lowest BCUT2D eigenvalue weighted by molar-refractivity contribution is 0.230. The molecule has 10 heavy (non-hydrogen) atoms. The maximum atomic E-state index is 8.74. The summed E-state index contributed by atoms with van der Waals surface area (Å²) in [6, 6.07) is 0. The predicted octanol–water partition coefficient (Wildman–Crippen LogP) is 2.39. The van der Waals surface area contributed by atoms with Crippen LogP contribution in [0.15, 0.2) is 0 Å². The molecule has 0 aromatic heterocycles. The predicted molar refractivity (Wildman–Crippen MR) is 49.4 cm³/mol. The first-order valence-corrected chi connectivity index (χ1v) is 6.22. The van der Waals surface area contributed by atoms with Gasteiger partial charge in [0.05, 0.1) is 0 Å². The summed E-state index contributed by atoms with van der Waals surface area (Å²) in [4.78, 5) is 0. The van der Waals surface area contributed by atoms with Gasteiger partial charge in [-0.25, -0.2) is 5.15 Å². The largest absolute Gasteiger partial charge is 0.324 e. The summed E-state index contributed by atoms with van der Waals surface area (Å²) in [6.07, 6.45) is 0. The van der Waals surface area contributed by atoms with Crippen molar-refractivity contribution in [3.63, 3.8) is 0 Å². The normalized spacial score (nSPS) is 12.6. The second kappa shape index (κ2) is 3.71. The van der Waals surface area contributed by atoms with E-state index in [0.29, 0.717) is 0 Å². The van der Waals surface area contributed by atoms with Gasteiger partial charge >= 0.3 is 0 Å². The molecule has 0 aromatic carbocycles. The number of halogens is 1. The van der Waals surface area contributed by atoms with Gasteiger partial charge in [0.25, 0.3) is 0 Å². The van der Waals surface area contributed by atoms with E-state index < -0.39 is 8.24 Å². The zero-order valence-electron chi connectivity index (χ0n) is 7.36. The lowest BCUT2D eigenvalue weighted by atomic mass is 10.2. The molecule has 0 amide bonds. The quantitative estimate of drug-likeness (QED) is 0.484. The molecule has 4 heteroatoms. The van der Waals surface area contributed by atoms with Gasteiger partial charge in [-0.05, 0) is 5.04 Å². The highest BCUT2D eigenvalue weighted by Gasteiger charge is 2.34. The molecular weight excluding hydrogens is 166 g/mol. The summed E-state index contributed by atoms with van der Waals surface area (Å²) in [6.45, 7) is 10.6. The van der Waals surface area contributed by atoms with Crippen molar-refractivity contribution in [2.75, 3.05) is 0 Å². The van der Waals surface area contributed by atoms with Gasteiger partial charge in [-0.2, -0.15) is 0 Å². The highest BCUT2D eigenvalue weighted by Crippen LogP contribution is 2.32. The van der Waals surface area contributed by atoms with Crippen molar-refractivity contribution in [2.45, 2.75) is 38.9 Å². The van der Waals surface area contributed by atoms with Crippen LogP contribution in [0, 0.1) is 0 Å². The Morgan fingerprint density at radius 3 is 1.50 bits per heavy atom. The summed E-state index contributed by atoms with van der Waals surface area (Å²) in [5.74, 6) is 0. The first kappa shape index (κ1) is 13.0. The second-order valence-corrected chi connectivity index (χ2v) is 8.96. The van der Waals surface area contributed by atoms with E-state index in [9.17, 15) is 0 Å². The van der Waals surface area contributed by atoms with Crippen molar-refractivity contribution in [1.82, 2.24) is 5.15 Å². The maximum Gasteiger partial charge on any atom is 0.155 e. The van der Waals surface area contributed by atoms with Gasteiger partial charge in [0, 0.05) is 0 Å². The molecule has 0 radical (unpaired) electrons. The van der Waals surface area contributed by atoms with Crippen LogP contribution in [-0.4, -0.2) is 13.4 Å². The van der Waals surface area contributed by atoms with Gasteiger partial charge < -0.3 is 5.21 Å². The molecule has 0 aliphatic carbocycles. The van der Waals surface area contributed by atoms with Crippen molar-refractivity contribution >= 4 is 20.6 Å². The fraction of sp³-hybridized carbons (Fsp3) is 1.00. The average Bonchev–Trinajstić information content (AvgIpc) is 1.64. The van der Waals surface area contributed by atoms with Crippen LogP contribution in [0.2, 0.25) is 18.1 Å². The van der Waals surface area contributed by atoms with Gasteiger partial charge in [0.2, 0.25) is 0 Å². The summed E-state index contributed by atoms with van der Waals surface area (Å²) < 4.78 is 0. The van der Waals surface area contributed by atoms with Crippen molar-refractivity contribution in [2.24, 2.45) is 0 Å². The van der Waals surface area contributed by atoms with E-state index in [-0.39, 0.29) is 17.4 Å². The Bertz CT molecular complexity index is 100. The minimum Gasteiger partial charge on any atom is -0.324 e. The Kier molecular flexibility index (Phi) is 4.85. The van der Waals surface area contributed by atoms with Crippen LogP contribution in [-0.2, 0) is 0 Å². The molecule has 2 nitrogen and oxygen atoms in total. The fourth-order valence-corrected chi connectivity index (χ4v) is 0.503. The van der Waals surface area contributed by atoms with Crippen LogP contribution in [0.3, 0.4) is 0 Å². The van der Waals surface area contributed by atoms with Crippen molar-refractivity contribution < 1.29 is 5.21 Å². The van der Waals surface area contributed by atoms with Gasteiger partial charge in [0.15, 0.2) is 8.24 Å². The molecule has 0 aliphatic rings. The fourth-order valence-electron chi connectivity index (χ4n) is 0.168. The van der Waals surface area contributed by atoms with Crippen molar-refractivity contribution in [3.8, 4) is 0 Å². The van der Waals surface area contributed by atoms with E-state index in [1.807, 2.05) is 0 Å². The molecular formula is C6H18ClNOSi. The van der Waals surface area contributed by atoms with Gasteiger partial charge in [-0.1, -0.05) is 33.9 Å². The van der Waals surface area contributed by atoms with E-state index in [4.69, 9.17) is 5.21 Å². The SMILES string of the molecule is CC(C)(C)[Si](C)(C)NO.Cl. The standard InChI is InChI=1S/C6H17NOSi.ClH/c1-6(2,3)9(4,5)7-8;/h7-8H,1-5H3;1H. The highest BCUT2D eigenvalue weighted by atomic mass is 35.5. The average molecular weight is 184 g/mol. The zero-order chi connectivity index (χ0) is 7.71. The van der Waals surface area contributed by atoms with E-state index in [1.165, 1.54) is 0 Å². The van der Waals surface area contributed by atoms with E-state index in [0.717, 1.165) is 0 Å². The van der Waals surface area contributed by atoms with Crippen LogP contribution < -0.4 is 5.15 Å². The molecule has 0 rings (SSSR count). The monoisotopic (exact) mass is 183 g/mol. The van der Waals surface area contributed by atoms with Crippen LogP contribution in [0.25, 0.3) is 0 Å².